The standard InChI is InChI=1S/C21H29N3O5/c1-15-10-16(2)13-23(12-15)20(25)14-29-21(26)17-6-7-18(19(11-17)24(27)28)22-8-4-3-5-9-22/h6-7,11,15-16H,3-5,8-10,12-14H2,1-2H3. The smallest absolute Gasteiger partial charge is 0.338 e. The van der Waals surface area contributed by atoms with Crippen LogP contribution in [0.25, 0.3) is 0 Å². The molecule has 1 aromatic carbocycles. The highest BCUT2D eigenvalue weighted by molar-refractivity contribution is 5.93. The lowest BCUT2D eigenvalue weighted by atomic mass is 9.92. The van der Waals surface area contributed by atoms with Crippen molar-refractivity contribution < 1.29 is 19.2 Å². The van der Waals surface area contributed by atoms with Crippen LogP contribution in [0.5, 0.6) is 0 Å². The third kappa shape index (κ3) is 5.25. The van der Waals surface area contributed by atoms with Crippen molar-refractivity contribution >= 4 is 23.3 Å². The summed E-state index contributed by atoms with van der Waals surface area (Å²) < 4.78 is 5.17. The van der Waals surface area contributed by atoms with Crippen molar-refractivity contribution in [3.05, 3.63) is 33.9 Å². The van der Waals surface area contributed by atoms with Gasteiger partial charge in [-0.3, -0.25) is 14.9 Å². The molecule has 3 rings (SSSR count). The van der Waals surface area contributed by atoms with Crippen LogP contribution in [0.4, 0.5) is 11.4 Å². The van der Waals surface area contributed by atoms with E-state index in [1.165, 1.54) is 12.1 Å². The average Bonchev–Trinajstić information content (AvgIpc) is 2.71. The Balaban J connectivity index is 1.65. The van der Waals surface area contributed by atoms with E-state index >= 15 is 0 Å². The summed E-state index contributed by atoms with van der Waals surface area (Å²) in [7, 11) is 0. The molecule has 0 radical (unpaired) electrons. The molecule has 2 atom stereocenters. The highest BCUT2D eigenvalue weighted by Crippen LogP contribution is 2.31. The molecule has 2 fully saturated rings. The van der Waals surface area contributed by atoms with E-state index in [0.717, 1.165) is 38.8 Å². The zero-order valence-corrected chi connectivity index (χ0v) is 17.1. The van der Waals surface area contributed by atoms with Crippen LogP contribution in [0.15, 0.2) is 18.2 Å². The molecule has 0 spiro atoms. The molecule has 1 aromatic rings. The maximum atomic E-state index is 12.4. The SMILES string of the molecule is CC1CC(C)CN(C(=O)COC(=O)c2ccc(N3CCCCC3)c([N+](=O)[O-])c2)C1. The first-order valence-electron chi connectivity index (χ1n) is 10.3. The van der Waals surface area contributed by atoms with Crippen molar-refractivity contribution in [2.24, 2.45) is 11.8 Å². The van der Waals surface area contributed by atoms with Crippen LogP contribution >= 0.6 is 0 Å². The largest absolute Gasteiger partial charge is 0.452 e. The lowest BCUT2D eigenvalue weighted by Crippen LogP contribution is -2.44. The Morgan fingerprint density at radius 1 is 1.14 bits per heavy atom. The zero-order chi connectivity index (χ0) is 21.0. The average molecular weight is 403 g/mol. The Labute approximate surface area is 171 Å². The minimum absolute atomic E-state index is 0.0886. The fourth-order valence-electron chi connectivity index (χ4n) is 4.37. The van der Waals surface area contributed by atoms with E-state index in [9.17, 15) is 19.7 Å². The Hall–Kier alpha value is -2.64. The van der Waals surface area contributed by atoms with Gasteiger partial charge >= 0.3 is 5.97 Å². The minimum atomic E-state index is -0.718. The number of hydrogen-bond donors (Lipinski definition) is 0. The monoisotopic (exact) mass is 403 g/mol. The van der Waals surface area contributed by atoms with Gasteiger partial charge in [-0.1, -0.05) is 13.8 Å². The summed E-state index contributed by atoms with van der Waals surface area (Å²) in [6.07, 6.45) is 4.20. The van der Waals surface area contributed by atoms with Crippen molar-refractivity contribution in [1.82, 2.24) is 4.90 Å². The second-order valence-electron chi connectivity index (χ2n) is 8.33. The predicted octanol–water partition coefficient (Wildman–Crippen LogP) is 3.25. The van der Waals surface area contributed by atoms with Crippen molar-refractivity contribution in [3.63, 3.8) is 0 Å². The molecule has 0 aliphatic carbocycles. The van der Waals surface area contributed by atoms with Gasteiger partial charge in [0.05, 0.1) is 10.5 Å². The number of piperidine rings is 2. The highest BCUT2D eigenvalue weighted by atomic mass is 16.6. The Kier molecular flexibility index (Phi) is 6.71. The van der Waals surface area contributed by atoms with Gasteiger partial charge in [0.2, 0.25) is 0 Å². The van der Waals surface area contributed by atoms with E-state index in [-0.39, 0.29) is 23.8 Å². The third-order valence-corrected chi connectivity index (χ3v) is 5.65. The van der Waals surface area contributed by atoms with Gasteiger partial charge in [-0.2, -0.15) is 0 Å². The predicted molar refractivity (Wildman–Crippen MR) is 109 cm³/mol. The van der Waals surface area contributed by atoms with Crippen molar-refractivity contribution in [2.45, 2.75) is 39.5 Å². The van der Waals surface area contributed by atoms with E-state index in [0.29, 0.717) is 30.6 Å². The molecular weight excluding hydrogens is 374 g/mol. The number of carbonyl (C=O) groups excluding carboxylic acids is 2. The number of amides is 1. The lowest BCUT2D eigenvalue weighted by Gasteiger charge is -2.34. The first-order valence-corrected chi connectivity index (χ1v) is 10.3. The molecule has 0 saturated carbocycles. The van der Waals surface area contributed by atoms with Crippen LogP contribution in [0.1, 0.15) is 49.9 Å². The highest BCUT2D eigenvalue weighted by Gasteiger charge is 2.27. The number of esters is 1. The van der Waals surface area contributed by atoms with Crippen molar-refractivity contribution in [2.75, 3.05) is 37.7 Å². The van der Waals surface area contributed by atoms with Crippen LogP contribution in [0.2, 0.25) is 0 Å². The number of nitrogens with zero attached hydrogens (tertiary/aromatic N) is 3. The van der Waals surface area contributed by atoms with E-state index in [2.05, 4.69) is 13.8 Å². The molecule has 0 aromatic heterocycles. The molecule has 2 saturated heterocycles. The number of carbonyl (C=O) groups is 2. The van der Waals surface area contributed by atoms with Gasteiger partial charge < -0.3 is 14.5 Å². The second-order valence-corrected chi connectivity index (χ2v) is 8.33. The number of hydrogen-bond acceptors (Lipinski definition) is 6. The van der Waals surface area contributed by atoms with Gasteiger partial charge in [0, 0.05) is 32.2 Å². The number of rotatable bonds is 5. The minimum Gasteiger partial charge on any atom is -0.452 e. The maximum absolute atomic E-state index is 12.4. The number of benzene rings is 1. The van der Waals surface area contributed by atoms with Gasteiger partial charge in [0.1, 0.15) is 5.69 Å². The molecule has 8 nitrogen and oxygen atoms in total. The lowest BCUT2D eigenvalue weighted by molar-refractivity contribution is -0.384. The summed E-state index contributed by atoms with van der Waals surface area (Å²) in [5.74, 6) is -0.104. The van der Waals surface area contributed by atoms with Crippen LogP contribution in [0, 0.1) is 22.0 Å². The number of likely N-dealkylation sites (tertiary alicyclic amines) is 1. The first kappa shape index (κ1) is 21.1. The Morgan fingerprint density at radius 3 is 2.41 bits per heavy atom. The van der Waals surface area contributed by atoms with Gasteiger partial charge in [-0.25, -0.2) is 4.79 Å². The summed E-state index contributed by atoms with van der Waals surface area (Å²) in [6, 6.07) is 4.40. The van der Waals surface area contributed by atoms with Crippen LogP contribution in [-0.4, -0.2) is 54.5 Å². The molecule has 2 heterocycles. The van der Waals surface area contributed by atoms with Gasteiger partial charge in [-0.05, 0) is 49.7 Å². The number of nitro groups is 1. The summed E-state index contributed by atoms with van der Waals surface area (Å²) in [5, 5.41) is 11.5. The first-order chi connectivity index (χ1) is 13.8. The van der Waals surface area contributed by atoms with E-state index < -0.39 is 10.9 Å². The summed E-state index contributed by atoms with van der Waals surface area (Å²) in [6.45, 7) is 6.72. The molecule has 29 heavy (non-hydrogen) atoms. The molecule has 0 N–H and O–H groups in total. The summed E-state index contributed by atoms with van der Waals surface area (Å²) in [4.78, 5) is 39.6. The number of nitro benzene ring substituents is 1. The van der Waals surface area contributed by atoms with Crippen LogP contribution < -0.4 is 4.90 Å². The fourth-order valence-corrected chi connectivity index (χ4v) is 4.37. The number of ether oxygens (including phenoxy) is 1. The van der Waals surface area contributed by atoms with Crippen molar-refractivity contribution in [1.29, 1.82) is 0 Å². The van der Waals surface area contributed by atoms with Gasteiger partial charge in [0.15, 0.2) is 6.61 Å². The molecule has 8 heteroatoms. The normalized spacial score (nSPS) is 22.3. The second kappa shape index (κ2) is 9.24. The summed E-state index contributed by atoms with van der Waals surface area (Å²) >= 11 is 0. The Bertz CT molecular complexity index is 766. The van der Waals surface area contributed by atoms with E-state index in [1.807, 2.05) is 4.90 Å². The molecule has 0 bridgehead atoms. The molecule has 2 aliphatic rings. The molecule has 2 aliphatic heterocycles. The molecule has 1 amide bonds. The summed E-state index contributed by atoms with van der Waals surface area (Å²) in [5.41, 5.74) is 0.510. The molecule has 2 unspecified atom stereocenters. The topological polar surface area (TPSA) is 93.0 Å². The number of anilines is 1. The van der Waals surface area contributed by atoms with Crippen LogP contribution in [0.3, 0.4) is 0 Å². The van der Waals surface area contributed by atoms with E-state index in [1.54, 1.807) is 11.0 Å². The van der Waals surface area contributed by atoms with Crippen molar-refractivity contribution in [3.8, 4) is 0 Å². The van der Waals surface area contributed by atoms with Crippen LogP contribution in [-0.2, 0) is 9.53 Å². The van der Waals surface area contributed by atoms with Gasteiger partial charge in [0.25, 0.3) is 11.6 Å². The Morgan fingerprint density at radius 2 is 1.79 bits per heavy atom. The molecular formula is C21H29N3O5. The third-order valence-electron chi connectivity index (χ3n) is 5.65. The quantitative estimate of drug-likeness (QED) is 0.426. The maximum Gasteiger partial charge on any atom is 0.338 e. The van der Waals surface area contributed by atoms with E-state index in [4.69, 9.17) is 4.74 Å². The fraction of sp³-hybridized carbons (Fsp3) is 0.619. The zero-order valence-electron chi connectivity index (χ0n) is 17.1. The molecule has 158 valence electrons. The van der Waals surface area contributed by atoms with Gasteiger partial charge in [-0.15, -0.1) is 0 Å².